The molecule has 1 heterocycles. The van der Waals surface area contributed by atoms with Crippen LogP contribution in [0.4, 0.5) is 23.7 Å². The number of β-amino-alcohol motifs (C(OH)–C–C–N with tert-alkyl or cyclic N) is 1. The number of anilines is 1. The lowest BCUT2D eigenvalue weighted by Gasteiger charge is -2.16. The smallest absolute Gasteiger partial charge is 0.322 e. The van der Waals surface area contributed by atoms with Crippen LogP contribution in [0.25, 0.3) is 0 Å². The number of nitrogens with one attached hydrogen (secondary N) is 1. The number of aliphatic hydroxyl groups is 1. The van der Waals surface area contributed by atoms with Gasteiger partial charge < -0.3 is 15.3 Å². The highest BCUT2D eigenvalue weighted by Gasteiger charge is 2.25. The van der Waals surface area contributed by atoms with Crippen LogP contribution in [-0.2, 0) is 0 Å². The molecule has 2 N–H and O–H groups in total. The van der Waals surface area contributed by atoms with Crippen LogP contribution in [0.2, 0.25) is 0 Å². The van der Waals surface area contributed by atoms with Crippen LogP contribution in [0, 0.1) is 17.5 Å². The van der Waals surface area contributed by atoms with E-state index in [0.29, 0.717) is 13.0 Å². The topological polar surface area (TPSA) is 52.6 Å². The van der Waals surface area contributed by atoms with E-state index in [-0.39, 0.29) is 6.54 Å². The molecular weight excluding hydrogens is 249 g/mol. The number of hydrogen-bond donors (Lipinski definition) is 2. The molecule has 7 heteroatoms. The van der Waals surface area contributed by atoms with E-state index in [1.54, 1.807) is 0 Å². The van der Waals surface area contributed by atoms with E-state index in [4.69, 9.17) is 0 Å². The maximum Gasteiger partial charge on any atom is 0.322 e. The summed E-state index contributed by atoms with van der Waals surface area (Å²) in [6.07, 6.45) is -0.168. The molecule has 2 rings (SSSR count). The molecule has 0 radical (unpaired) electrons. The molecule has 0 aliphatic carbocycles. The van der Waals surface area contributed by atoms with Crippen LogP contribution in [0.5, 0.6) is 0 Å². The van der Waals surface area contributed by atoms with E-state index >= 15 is 0 Å². The molecule has 2 amide bonds. The molecule has 1 atom stereocenters. The number of benzene rings is 1. The molecule has 1 aliphatic heterocycles. The fourth-order valence-corrected chi connectivity index (χ4v) is 1.74. The van der Waals surface area contributed by atoms with Gasteiger partial charge in [-0.15, -0.1) is 0 Å². The molecule has 18 heavy (non-hydrogen) atoms. The van der Waals surface area contributed by atoms with Crippen molar-refractivity contribution in [2.24, 2.45) is 0 Å². The number of aliphatic hydroxyl groups excluding tert-OH is 1. The number of likely N-dealkylation sites (tertiary alicyclic amines) is 1. The Morgan fingerprint density at radius 1 is 1.33 bits per heavy atom. The van der Waals surface area contributed by atoms with Gasteiger partial charge in [0.15, 0.2) is 17.5 Å². The number of carbonyl (C=O) groups excluding carboxylic acids is 1. The largest absolute Gasteiger partial charge is 0.391 e. The monoisotopic (exact) mass is 260 g/mol. The normalized spacial score (nSPS) is 19.1. The highest BCUT2D eigenvalue weighted by molar-refractivity contribution is 5.89. The second kappa shape index (κ2) is 4.85. The predicted octanol–water partition coefficient (Wildman–Crippen LogP) is 1.70. The maximum atomic E-state index is 13.3. The summed E-state index contributed by atoms with van der Waals surface area (Å²) >= 11 is 0. The van der Waals surface area contributed by atoms with E-state index in [9.17, 15) is 23.1 Å². The second-order valence-electron chi connectivity index (χ2n) is 4.04. The molecule has 0 spiro atoms. The molecule has 1 aromatic carbocycles. The van der Waals surface area contributed by atoms with Crippen molar-refractivity contribution < 1.29 is 23.1 Å². The number of halogens is 3. The van der Waals surface area contributed by atoms with Crippen molar-refractivity contribution in [3.63, 3.8) is 0 Å². The first-order valence-electron chi connectivity index (χ1n) is 5.36. The van der Waals surface area contributed by atoms with Gasteiger partial charge in [-0.3, -0.25) is 0 Å². The molecule has 0 bridgehead atoms. The predicted molar refractivity (Wildman–Crippen MR) is 57.5 cm³/mol. The molecule has 98 valence electrons. The third kappa shape index (κ3) is 2.40. The summed E-state index contributed by atoms with van der Waals surface area (Å²) in [6, 6.07) is 1.02. The maximum absolute atomic E-state index is 13.3. The van der Waals surface area contributed by atoms with Gasteiger partial charge in [-0.1, -0.05) is 0 Å². The first-order chi connectivity index (χ1) is 8.49. The summed E-state index contributed by atoms with van der Waals surface area (Å²) in [4.78, 5) is 12.9. The van der Waals surface area contributed by atoms with Gasteiger partial charge in [-0.05, 0) is 18.6 Å². The van der Waals surface area contributed by atoms with Gasteiger partial charge in [0, 0.05) is 13.1 Å². The van der Waals surface area contributed by atoms with Crippen LogP contribution >= 0.6 is 0 Å². The summed E-state index contributed by atoms with van der Waals surface area (Å²) in [6.45, 7) is 0.468. The fraction of sp³-hybridized carbons (Fsp3) is 0.364. The summed E-state index contributed by atoms with van der Waals surface area (Å²) in [7, 11) is 0. The van der Waals surface area contributed by atoms with Gasteiger partial charge in [0.2, 0.25) is 0 Å². The van der Waals surface area contributed by atoms with Gasteiger partial charge in [-0.25, -0.2) is 18.0 Å². The minimum Gasteiger partial charge on any atom is -0.391 e. The molecule has 0 aromatic heterocycles. The van der Waals surface area contributed by atoms with Crippen LogP contribution in [0.15, 0.2) is 12.1 Å². The van der Waals surface area contributed by atoms with Gasteiger partial charge in [0.1, 0.15) is 0 Å². The zero-order valence-corrected chi connectivity index (χ0v) is 9.29. The van der Waals surface area contributed by atoms with E-state index in [2.05, 4.69) is 5.32 Å². The Morgan fingerprint density at radius 2 is 2.06 bits per heavy atom. The number of carbonyl (C=O) groups is 1. The molecular formula is C11H11F3N2O2. The molecule has 1 aromatic rings. The van der Waals surface area contributed by atoms with Crippen molar-refractivity contribution in [2.45, 2.75) is 12.5 Å². The molecule has 0 unspecified atom stereocenters. The minimum absolute atomic E-state index is 0.136. The van der Waals surface area contributed by atoms with Crippen molar-refractivity contribution in [2.75, 3.05) is 18.4 Å². The van der Waals surface area contributed by atoms with Crippen molar-refractivity contribution in [3.05, 3.63) is 29.6 Å². The van der Waals surface area contributed by atoms with Crippen molar-refractivity contribution in [1.82, 2.24) is 4.90 Å². The highest BCUT2D eigenvalue weighted by Crippen LogP contribution is 2.20. The van der Waals surface area contributed by atoms with E-state index in [0.717, 1.165) is 12.1 Å². The van der Waals surface area contributed by atoms with Crippen molar-refractivity contribution in [1.29, 1.82) is 0 Å². The number of nitrogens with zero attached hydrogens (tertiary/aromatic N) is 1. The Morgan fingerprint density at radius 3 is 2.67 bits per heavy atom. The molecule has 1 fully saturated rings. The lowest BCUT2D eigenvalue weighted by Crippen LogP contribution is -2.33. The average Bonchev–Trinajstić information content (AvgIpc) is 2.77. The zero-order chi connectivity index (χ0) is 13.3. The zero-order valence-electron chi connectivity index (χ0n) is 9.29. The van der Waals surface area contributed by atoms with E-state index in [1.165, 1.54) is 4.90 Å². The van der Waals surface area contributed by atoms with Gasteiger partial charge in [0.05, 0.1) is 11.8 Å². The average molecular weight is 260 g/mol. The first-order valence-corrected chi connectivity index (χ1v) is 5.36. The van der Waals surface area contributed by atoms with Crippen LogP contribution in [-0.4, -0.2) is 35.2 Å². The van der Waals surface area contributed by atoms with Crippen LogP contribution in [0.1, 0.15) is 6.42 Å². The molecule has 0 saturated carbocycles. The fourth-order valence-electron chi connectivity index (χ4n) is 1.74. The SMILES string of the molecule is O=C(Nc1ccc(F)c(F)c1F)N1CC[C@@H](O)C1. The number of urea groups is 1. The summed E-state index contributed by atoms with van der Waals surface area (Å²) in [5.41, 5.74) is -0.430. The highest BCUT2D eigenvalue weighted by atomic mass is 19.2. The number of amides is 2. The van der Waals surface area contributed by atoms with Crippen LogP contribution < -0.4 is 5.32 Å². The standard InChI is InChI=1S/C11H11F3N2O2/c12-7-1-2-8(10(14)9(7)13)15-11(18)16-4-3-6(17)5-16/h1-2,6,17H,3-5H2,(H,15,18)/t6-/m1/s1. The quantitative estimate of drug-likeness (QED) is 0.755. The Hall–Kier alpha value is -1.76. The van der Waals surface area contributed by atoms with Gasteiger partial charge in [0.25, 0.3) is 0 Å². The Labute approximate surface area is 101 Å². The third-order valence-electron chi connectivity index (χ3n) is 2.73. The van der Waals surface area contributed by atoms with Gasteiger partial charge in [-0.2, -0.15) is 0 Å². The molecule has 4 nitrogen and oxygen atoms in total. The van der Waals surface area contributed by atoms with E-state index in [1.807, 2.05) is 0 Å². The molecule has 1 saturated heterocycles. The summed E-state index contributed by atoms with van der Waals surface area (Å²) in [5, 5.41) is 11.4. The lowest BCUT2D eigenvalue weighted by atomic mass is 10.3. The Balaban J connectivity index is 2.10. The summed E-state index contributed by atoms with van der Waals surface area (Å²) in [5.74, 6) is -4.39. The van der Waals surface area contributed by atoms with Crippen molar-refractivity contribution >= 4 is 11.7 Å². The lowest BCUT2D eigenvalue weighted by molar-refractivity contribution is 0.176. The van der Waals surface area contributed by atoms with Gasteiger partial charge >= 0.3 is 6.03 Å². The minimum atomic E-state index is -1.63. The van der Waals surface area contributed by atoms with E-state index < -0.39 is 35.3 Å². The Bertz CT molecular complexity index is 482. The number of rotatable bonds is 1. The van der Waals surface area contributed by atoms with Crippen molar-refractivity contribution in [3.8, 4) is 0 Å². The number of hydrogen-bond acceptors (Lipinski definition) is 2. The third-order valence-corrected chi connectivity index (χ3v) is 2.73. The van der Waals surface area contributed by atoms with Crippen LogP contribution in [0.3, 0.4) is 0 Å². The molecule has 1 aliphatic rings. The summed E-state index contributed by atoms with van der Waals surface area (Å²) < 4.78 is 38.9. The second-order valence-corrected chi connectivity index (χ2v) is 4.04. The Kier molecular flexibility index (Phi) is 3.42. The first kappa shape index (κ1) is 12.7.